The summed E-state index contributed by atoms with van der Waals surface area (Å²) in [5.41, 5.74) is 2.48. The van der Waals surface area contributed by atoms with Gasteiger partial charge in [-0.1, -0.05) is 57.3 Å². The Morgan fingerprint density at radius 2 is 2.00 bits per heavy atom. The standard InChI is InChI=1S/C15H27NO2Si/c1-5-18-14-13-16(15(14)17)11-9-10-12-19(6-2,7-3)8-4/h5,10,12,14H,1,6-9,11,13H2,2-4H3/b12-10+. The lowest BCUT2D eigenvalue weighted by Crippen LogP contribution is -2.57. The van der Waals surface area contributed by atoms with Gasteiger partial charge >= 0.3 is 0 Å². The summed E-state index contributed by atoms with van der Waals surface area (Å²) < 4.78 is 5.09. The number of likely N-dealkylation sites (tertiary alicyclic amines) is 1. The van der Waals surface area contributed by atoms with Crippen molar-refractivity contribution in [3.8, 4) is 0 Å². The SMILES string of the molecule is C=COC1CN(CC/C=C/[Si](CC)(CC)CC)C1=O. The first kappa shape index (κ1) is 16.0. The molecular formula is C15H27NO2Si. The van der Waals surface area contributed by atoms with Crippen LogP contribution in [0.5, 0.6) is 0 Å². The van der Waals surface area contributed by atoms with Crippen LogP contribution in [0.3, 0.4) is 0 Å². The summed E-state index contributed by atoms with van der Waals surface area (Å²) in [7, 11) is -1.15. The number of rotatable bonds is 9. The molecule has 0 bridgehead atoms. The predicted octanol–water partition coefficient (Wildman–Crippen LogP) is 3.35. The molecule has 19 heavy (non-hydrogen) atoms. The highest BCUT2D eigenvalue weighted by Crippen LogP contribution is 2.22. The highest BCUT2D eigenvalue weighted by atomic mass is 28.3. The maximum atomic E-state index is 11.6. The summed E-state index contributed by atoms with van der Waals surface area (Å²) >= 11 is 0. The number of hydrogen-bond acceptors (Lipinski definition) is 2. The van der Waals surface area contributed by atoms with Gasteiger partial charge in [0.05, 0.1) is 20.9 Å². The zero-order valence-corrected chi connectivity index (χ0v) is 13.5. The molecule has 0 spiro atoms. The molecule has 1 heterocycles. The zero-order chi connectivity index (χ0) is 14.3. The van der Waals surface area contributed by atoms with Crippen LogP contribution in [-0.4, -0.2) is 38.1 Å². The van der Waals surface area contributed by atoms with Gasteiger partial charge in [-0.25, -0.2) is 0 Å². The Balaban J connectivity index is 2.31. The van der Waals surface area contributed by atoms with Crippen molar-refractivity contribution in [1.29, 1.82) is 0 Å². The molecule has 0 aromatic rings. The molecule has 1 rings (SSSR count). The third-order valence-corrected chi connectivity index (χ3v) is 9.55. The van der Waals surface area contributed by atoms with Crippen molar-refractivity contribution < 1.29 is 9.53 Å². The fourth-order valence-corrected chi connectivity index (χ4v) is 5.42. The summed E-state index contributed by atoms with van der Waals surface area (Å²) in [5, 5.41) is 0. The molecule has 0 radical (unpaired) electrons. The smallest absolute Gasteiger partial charge is 0.265 e. The summed E-state index contributed by atoms with van der Waals surface area (Å²) in [5.74, 6) is 0.0956. The molecule has 0 N–H and O–H groups in total. The zero-order valence-electron chi connectivity index (χ0n) is 12.5. The first-order valence-electron chi connectivity index (χ1n) is 7.35. The van der Waals surface area contributed by atoms with E-state index in [1.54, 1.807) is 0 Å². The van der Waals surface area contributed by atoms with Gasteiger partial charge < -0.3 is 9.64 Å². The second-order valence-electron chi connectivity index (χ2n) is 5.19. The van der Waals surface area contributed by atoms with Gasteiger partial charge in [-0.2, -0.15) is 0 Å². The van der Waals surface area contributed by atoms with E-state index in [-0.39, 0.29) is 12.0 Å². The van der Waals surface area contributed by atoms with Crippen molar-refractivity contribution in [3.05, 3.63) is 24.6 Å². The molecular weight excluding hydrogens is 254 g/mol. The maximum absolute atomic E-state index is 11.6. The molecule has 1 amide bonds. The summed E-state index contributed by atoms with van der Waals surface area (Å²) in [6.45, 7) is 11.9. The lowest BCUT2D eigenvalue weighted by Gasteiger charge is -2.37. The minimum atomic E-state index is -1.15. The summed E-state index contributed by atoms with van der Waals surface area (Å²) in [6, 6.07) is 3.94. The van der Waals surface area contributed by atoms with Crippen molar-refractivity contribution in [2.24, 2.45) is 0 Å². The van der Waals surface area contributed by atoms with Crippen LogP contribution in [0.25, 0.3) is 0 Å². The van der Waals surface area contributed by atoms with Crippen LogP contribution >= 0.6 is 0 Å². The van der Waals surface area contributed by atoms with Crippen LogP contribution in [0.4, 0.5) is 0 Å². The van der Waals surface area contributed by atoms with Crippen molar-refractivity contribution >= 4 is 14.0 Å². The van der Waals surface area contributed by atoms with Crippen LogP contribution < -0.4 is 0 Å². The molecule has 108 valence electrons. The van der Waals surface area contributed by atoms with E-state index in [9.17, 15) is 4.79 Å². The molecule has 0 aliphatic carbocycles. The van der Waals surface area contributed by atoms with Crippen molar-refractivity contribution in [2.75, 3.05) is 13.1 Å². The second-order valence-corrected chi connectivity index (χ2v) is 10.4. The van der Waals surface area contributed by atoms with E-state index in [0.29, 0.717) is 6.54 Å². The van der Waals surface area contributed by atoms with E-state index >= 15 is 0 Å². The molecule has 1 aliphatic rings. The Morgan fingerprint density at radius 3 is 2.47 bits per heavy atom. The Bertz CT molecular complexity index is 329. The summed E-state index contributed by atoms with van der Waals surface area (Å²) in [6.07, 6.45) is 4.32. The molecule has 3 nitrogen and oxygen atoms in total. The van der Waals surface area contributed by atoms with Gasteiger partial charge in [0.1, 0.15) is 0 Å². The van der Waals surface area contributed by atoms with Crippen LogP contribution in [0.15, 0.2) is 24.6 Å². The minimum Gasteiger partial charge on any atom is -0.487 e. The van der Waals surface area contributed by atoms with Crippen LogP contribution in [0, 0.1) is 0 Å². The Labute approximate surface area is 118 Å². The van der Waals surface area contributed by atoms with E-state index in [1.807, 2.05) is 4.90 Å². The van der Waals surface area contributed by atoms with E-state index in [1.165, 1.54) is 24.4 Å². The van der Waals surface area contributed by atoms with Gasteiger partial charge in [-0.15, -0.1) is 0 Å². The van der Waals surface area contributed by atoms with E-state index in [2.05, 4.69) is 39.1 Å². The predicted molar refractivity (Wildman–Crippen MR) is 82.6 cm³/mol. The topological polar surface area (TPSA) is 29.5 Å². The van der Waals surface area contributed by atoms with Crippen LogP contribution in [0.2, 0.25) is 18.1 Å². The van der Waals surface area contributed by atoms with Gasteiger partial charge in [-0.05, 0) is 6.42 Å². The molecule has 0 saturated carbocycles. The fraction of sp³-hybridized carbons (Fsp3) is 0.667. The lowest BCUT2D eigenvalue weighted by molar-refractivity contribution is -0.156. The number of amides is 1. The third-order valence-electron chi connectivity index (χ3n) is 4.38. The average Bonchev–Trinajstić information content (AvgIpc) is 2.45. The number of carbonyl (C=O) groups is 1. The average molecular weight is 281 g/mol. The van der Waals surface area contributed by atoms with Gasteiger partial charge in [-0.3, -0.25) is 4.79 Å². The number of β-lactam (4-membered cyclic amide) rings is 1. The largest absolute Gasteiger partial charge is 0.487 e. The number of hydrogen-bond donors (Lipinski definition) is 0. The van der Waals surface area contributed by atoms with Crippen LogP contribution in [0.1, 0.15) is 27.2 Å². The normalized spacial score (nSPS) is 19.6. The molecule has 4 heteroatoms. The first-order valence-corrected chi connectivity index (χ1v) is 10.0. The molecule has 1 fully saturated rings. The molecule has 1 saturated heterocycles. The Hall–Kier alpha value is -1.03. The second kappa shape index (κ2) is 7.53. The highest BCUT2D eigenvalue weighted by molar-refractivity contribution is 6.84. The van der Waals surface area contributed by atoms with E-state index in [4.69, 9.17) is 4.74 Å². The molecule has 1 atom stereocenters. The maximum Gasteiger partial charge on any atom is 0.265 e. The molecule has 0 aromatic carbocycles. The van der Waals surface area contributed by atoms with Gasteiger partial charge in [0.2, 0.25) is 0 Å². The monoisotopic (exact) mass is 281 g/mol. The van der Waals surface area contributed by atoms with Crippen LogP contribution in [-0.2, 0) is 9.53 Å². The molecule has 0 aromatic heterocycles. The molecule has 1 aliphatic heterocycles. The van der Waals surface area contributed by atoms with Crippen molar-refractivity contribution in [1.82, 2.24) is 4.90 Å². The number of ether oxygens (including phenoxy) is 1. The Morgan fingerprint density at radius 1 is 1.37 bits per heavy atom. The molecule has 1 unspecified atom stereocenters. The number of carbonyl (C=O) groups excluding carboxylic acids is 1. The summed E-state index contributed by atoms with van der Waals surface area (Å²) in [4.78, 5) is 13.5. The van der Waals surface area contributed by atoms with Gasteiger partial charge in [0.15, 0.2) is 6.10 Å². The quantitative estimate of drug-likeness (QED) is 0.368. The fourth-order valence-electron chi connectivity index (χ4n) is 2.55. The van der Waals surface area contributed by atoms with Gasteiger partial charge in [0.25, 0.3) is 5.91 Å². The van der Waals surface area contributed by atoms with Gasteiger partial charge in [0, 0.05) is 6.54 Å². The minimum absolute atomic E-state index is 0.0956. The number of nitrogens with zero attached hydrogens (tertiary/aromatic N) is 1. The third kappa shape index (κ3) is 3.96. The lowest BCUT2D eigenvalue weighted by atomic mass is 10.1. The van der Waals surface area contributed by atoms with Crippen molar-refractivity contribution in [3.63, 3.8) is 0 Å². The first-order chi connectivity index (χ1) is 9.12. The van der Waals surface area contributed by atoms with E-state index in [0.717, 1.165) is 13.0 Å². The van der Waals surface area contributed by atoms with Crippen molar-refractivity contribution in [2.45, 2.75) is 51.4 Å². The highest BCUT2D eigenvalue weighted by Gasteiger charge is 2.37. The van der Waals surface area contributed by atoms with E-state index < -0.39 is 8.07 Å². The Kier molecular flexibility index (Phi) is 6.35.